The van der Waals surface area contributed by atoms with Gasteiger partial charge in [0.2, 0.25) is 0 Å². The Morgan fingerprint density at radius 1 is 1.50 bits per heavy atom. The van der Waals surface area contributed by atoms with E-state index in [1.807, 2.05) is 0 Å². The van der Waals surface area contributed by atoms with Crippen molar-refractivity contribution in [2.45, 2.75) is 12.3 Å². The van der Waals surface area contributed by atoms with E-state index in [0.29, 0.717) is 12.4 Å². The van der Waals surface area contributed by atoms with Crippen LogP contribution in [0.2, 0.25) is 0 Å². The van der Waals surface area contributed by atoms with Gasteiger partial charge < -0.3 is 5.32 Å². The second kappa shape index (κ2) is 4.47. The smallest absolute Gasteiger partial charge is 0.154 e. The highest BCUT2D eigenvalue weighted by molar-refractivity contribution is 7.89. The molecule has 0 radical (unpaired) electrons. The minimum atomic E-state index is -3.05. The highest BCUT2D eigenvalue weighted by Gasteiger charge is 2.07. The first-order valence-corrected chi connectivity index (χ1v) is 6.20. The topological polar surface area (TPSA) is 72.0 Å². The van der Waals surface area contributed by atoms with E-state index in [2.05, 4.69) is 15.3 Å². The maximum Gasteiger partial charge on any atom is 0.154 e. The molecule has 0 aliphatic rings. The van der Waals surface area contributed by atoms with Crippen molar-refractivity contribution in [3.05, 3.63) is 23.8 Å². The van der Waals surface area contributed by atoms with E-state index in [-0.39, 0.29) is 5.75 Å². The van der Waals surface area contributed by atoms with Gasteiger partial charge >= 0.3 is 0 Å². The Hall–Kier alpha value is -1.01. The molecule has 1 aromatic rings. The normalized spacial score (nSPS) is 11.6. The average Bonchev–Trinajstić information content (AvgIpc) is 2.02. The van der Waals surface area contributed by atoms with Crippen molar-refractivity contribution < 1.29 is 8.42 Å². The van der Waals surface area contributed by atoms with Gasteiger partial charge in [-0.3, -0.25) is 0 Å². The zero-order valence-electron chi connectivity index (χ0n) is 8.19. The van der Waals surface area contributed by atoms with Gasteiger partial charge in [-0.25, -0.2) is 18.4 Å². The summed E-state index contributed by atoms with van der Waals surface area (Å²) in [5.74, 6) is 0.241. The van der Waals surface area contributed by atoms with Crippen LogP contribution in [-0.2, 0) is 22.1 Å². The first kappa shape index (κ1) is 11.1. The number of nitrogens with zero attached hydrogens (tertiary/aromatic N) is 2. The molecule has 0 aromatic carbocycles. The van der Waals surface area contributed by atoms with Crippen molar-refractivity contribution in [3.8, 4) is 0 Å². The Balaban J connectivity index is 2.83. The monoisotopic (exact) mass is 215 g/mol. The molecule has 0 atom stereocenters. The van der Waals surface area contributed by atoms with Crippen LogP contribution in [0.4, 0.5) is 0 Å². The van der Waals surface area contributed by atoms with Crippen molar-refractivity contribution >= 4 is 9.84 Å². The van der Waals surface area contributed by atoms with Gasteiger partial charge in [-0.15, -0.1) is 0 Å². The average molecular weight is 215 g/mol. The van der Waals surface area contributed by atoms with E-state index in [9.17, 15) is 8.42 Å². The fourth-order valence-corrected chi connectivity index (χ4v) is 1.63. The van der Waals surface area contributed by atoms with Crippen LogP contribution in [0.15, 0.2) is 12.3 Å². The van der Waals surface area contributed by atoms with Crippen LogP contribution in [0.1, 0.15) is 11.5 Å². The van der Waals surface area contributed by atoms with Crippen molar-refractivity contribution in [2.24, 2.45) is 0 Å². The summed E-state index contributed by atoms with van der Waals surface area (Å²) in [6, 6.07) is 1.75. The zero-order valence-corrected chi connectivity index (χ0v) is 9.00. The maximum atomic E-state index is 11.0. The van der Waals surface area contributed by atoms with Gasteiger partial charge in [-0.2, -0.15) is 0 Å². The van der Waals surface area contributed by atoms with Crippen LogP contribution in [0.25, 0.3) is 0 Å². The van der Waals surface area contributed by atoms with Gasteiger partial charge in [0.25, 0.3) is 0 Å². The highest BCUT2D eigenvalue weighted by Crippen LogP contribution is 1.99. The quantitative estimate of drug-likeness (QED) is 0.749. The van der Waals surface area contributed by atoms with E-state index in [0.717, 1.165) is 5.69 Å². The lowest BCUT2D eigenvalue weighted by atomic mass is 10.4. The van der Waals surface area contributed by atoms with E-state index >= 15 is 0 Å². The molecule has 1 aromatic heterocycles. The molecule has 5 nitrogen and oxygen atoms in total. The number of sulfone groups is 1. The maximum absolute atomic E-state index is 11.0. The van der Waals surface area contributed by atoms with Gasteiger partial charge in [-0.05, 0) is 13.1 Å². The molecule has 0 aliphatic heterocycles. The van der Waals surface area contributed by atoms with Crippen molar-refractivity contribution in [1.82, 2.24) is 15.3 Å². The second-order valence-electron chi connectivity index (χ2n) is 3.06. The molecule has 0 unspecified atom stereocenters. The summed E-state index contributed by atoms with van der Waals surface area (Å²) in [5, 5.41) is 2.93. The lowest BCUT2D eigenvalue weighted by Crippen LogP contribution is -2.10. The summed E-state index contributed by atoms with van der Waals surface area (Å²) in [5.41, 5.74) is 0.793. The molecular formula is C8H13N3O2S. The van der Waals surface area contributed by atoms with Crippen LogP contribution >= 0.6 is 0 Å². The van der Waals surface area contributed by atoms with Gasteiger partial charge in [0, 0.05) is 19.0 Å². The Kier molecular flexibility index (Phi) is 3.54. The molecule has 78 valence electrons. The Bertz CT molecular complexity index is 403. The minimum Gasteiger partial charge on any atom is -0.314 e. The number of nitrogens with one attached hydrogen (secondary N) is 1. The van der Waals surface area contributed by atoms with Crippen LogP contribution in [0.3, 0.4) is 0 Å². The van der Waals surface area contributed by atoms with Crippen molar-refractivity contribution in [3.63, 3.8) is 0 Å². The molecule has 0 fully saturated rings. The number of hydrogen-bond donors (Lipinski definition) is 1. The standard InChI is InChI=1S/C8H13N3O2S/c1-9-5-7-3-4-10-8(11-7)6-14(2,12)13/h3-4,9H,5-6H2,1-2H3. The Morgan fingerprint density at radius 3 is 2.79 bits per heavy atom. The third-order valence-corrected chi connectivity index (χ3v) is 2.29. The van der Waals surface area contributed by atoms with Gasteiger partial charge in [0.05, 0.1) is 5.69 Å². The van der Waals surface area contributed by atoms with E-state index in [4.69, 9.17) is 0 Å². The van der Waals surface area contributed by atoms with Crippen LogP contribution in [0, 0.1) is 0 Å². The number of hydrogen-bond acceptors (Lipinski definition) is 5. The predicted octanol–water partition coefficient (Wildman–Crippen LogP) is -0.259. The van der Waals surface area contributed by atoms with Gasteiger partial charge in [0.15, 0.2) is 9.84 Å². The summed E-state index contributed by atoms with van der Waals surface area (Å²) in [6.07, 6.45) is 2.74. The predicted molar refractivity (Wildman–Crippen MR) is 53.3 cm³/mol. The molecule has 14 heavy (non-hydrogen) atoms. The first-order chi connectivity index (χ1) is 6.51. The van der Waals surface area contributed by atoms with Crippen LogP contribution in [-0.4, -0.2) is 31.7 Å². The zero-order chi connectivity index (χ0) is 10.6. The highest BCUT2D eigenvalue weighted by atomic mass is 32.2. The molecular weight excluding hydrogens is 202 g/mol. The molecule has 1 rings (SSSR count). The molecule has 1 heterocycles. The molecule has 6 heteroatoms. The van der Waals surface area contributed by atoms with Crippen molar-refractivity contribution in [1.29, 1.82) is 0 Å². The molecule has 0 bridgehead atoms. The van der Waals surface area contributed by atoms with Crippen LogP contribution < -0.4 is 5.32 Å². The fraction of sp³-hybridized carbons (Fsp3) is 0.500. The van der Waals surface area contributed by atoms with Crippen molar-refractivity contribution in [2.75, 3.05) is 13.3 Å². The van der Waals surface area contributed by atoms with E-state index in [1.54, 1.807) is 19.3 Å². The Morgan fingerprint density at radius 2 is 2.21 bits per heavy atom. The van der Waals surface area contributed by atoms with E-state index < -0.39 is 9.84 Å². The summed E-state index contributed by atoms with van der Waals surface area (Å²) in [7, 11) is -1.25. The lowest BCUT2D eigenvalue weighted by molar-refractivity contribution is 0.599. The molecule has 0 aliphatic carbocycles. The third-order valence-electron chi connectivity index (χ3n) is 1.51. The molecule has 1 N–H and O–H groups in total. The summed E-state index contributed by atoms with van der Waals surface area (Å²) >= 11 is 0. The van der Waals surface area contributed by atoms with Gasteiger partial charge in [-0.1, -0.05) is 0 Å². The summed E-state index contributed by atoms with van der Waals surface area (Å²) < 4.78 is 21.9. The molecule has 0 amide bonds. The number of rotatable bonds is 4. The largest absolute Gasteiger partial charge is 0.314 e. The summed E-state index contributed by atoms with van der Waals surface area (Å²) in [4.78, 5) is 7.98. The number of aromatic nitrogens is 2. The lowest BCUT2D eigenvalue weighted by Gasteiger charge is -2.01. The minimum absolute atomic E-state index is 0.107. The molecule has 0 saturated carbocycles. The fourth-order valence-electron chi connectivity index (χ4n) is 1.02. The Labute approximate surface area is 83.5 Å². The summed E-state index contributed by atoms with van der Waals surface area (Å²) in [6.45, 7) is 0.610. The second-order valence-corrected chi connectivity index (χ2v) is 5.20. The van der Waals surface area contributed by atoms with Gasteiger partial charge in [0.1, 0.15) is 11.6 Å². The molecule has 0 spiro atoms. The van der Waals surface area contributed by atoms with E-state index in [1.165, 1.54) is 6.26 Å². The first-order valence-electron chi connectivity index (χ1n) is 4.14. The molecule has 0 saturated heterocycles. The SMILES string of the molecule is CNCc1ccnc(CS(C)(=O)=O)n1. The third kappa shape index (κ3) is 3.80. The van der Waals surface area contributed by atoms with Crippen LogP contribution in [0.5, 0.6) is 0 Å².